The van der Waals surface area contributed by atoms with Crippen LogP contribution in [0.4, 0.5) is 27.9 Å². The van der Waals surface area contributed by atoms with Gasteiger partial charge >= 0.3 is 0 Å². The molecule has 0 amide bonds. The minimum atomic E-state index is -0.473. The molecule has 9 heteroatoms. The quantitative estimate of drug-likeness (QED) is 0.690. The molecule has 0 unspecified atom stereocenters. The summed E-state index contributed by atoms with van der Waals surface area (Å²) < 4.78 is 18.7. The lowest BCUT2D eigenvalue weighted by Crippen LogP contribution is -2.35. The summed E-state index contributed by atoms with van der Waals surface area (Å²) in [4.78, 5) is 14.9. The predicted octanol–water partition coefficient (Wildman–Crippen LogP) is 2.24. The maximum Gasteiger partial charge on any atom is 0.233 e. The van der Waals surface area contributed by atoms with Crippen LogP contribution < -0.4 is 21.1 Å². The molecule has 0 saturated carbocycles. The van der Waals surface area contributed by atoms with E-state index >= 15 is 0 Å². The molecular formula is C17H24FN7O. The first kappa shape index (κ1) is 18.1. The fourth-order valence-corrected chi connectivity index (χ4v) is 3.15. The molecule has 0 spiro atoms. The number of aromatic nitrogens is 3. The van der Waals surface area contributed by atoms with Crippen LogP contribution in [0.3, 0.4) is 0 Å². The molecule has 0 aliphatic carbocycles. The smallest absolute Gasteiger partial charge is 0.233 e. The molecule has 26 heavy (non-hydrogen) atoms. The van der Waals surface area contributed by atoms with Gasteiger partial charge < -0.3 is 21.1 Å². The number of nitrogens with one attached hydrogen (secondary N) is 2. The van der Waals surface area contributed by atoms with Crippen LogP contribution in [0.2, 0.25) is 0 Å². The van der Waals surface area contributed by atoms with Crippen LogP contribution in [0.1, 0.15) is 19.8 Å². The first-order valence-electron chi connectivity index (χ1n) is 8.69. The summed E-state index contributed by atoms with van der Waals surface area (Å²) in [5.41, 5.74) is 6.27. The number of halogens is 1. The Labute approximate surface area is 152 Å². The standard InChI is InChI=1S/C17H24FN7O/c1-3-25-8-4-5-12(25)10-20-16-22-15(19)23-17(24-16)21-11-6-7-14(26-2)13(18)9-11/h6-7,9,12H,3-5,8,10H2,1-2H3,(H4,19,20,21,22,23,24)/t12-/m1/s1. The van der Waals surface area contributed by atoms with Crippen molar-refractivity contribution in [3.8, 4) is 5.75 Å². The fourth-order valence-electron chi connectivity index (χ4n) is 3.15. The first-order valence-corrected chi connectivity index (χ1v) is 8.69. The van der Waals surface area contributed by atoms with Crippen LogP contribution in [-0.4, -0.2) is 52.6 Å². The molecule has 1 aromatic heterocycles. The van der Waals surface area contributed by atoms with Crippen molar-refractivity contribution in [3.63, 3.8) is 0 Å². The van der Waals surface area contributed by atoms with Crippen LogP contribution in [-0.2, 0) is 0 Å². The van der Waals surface area contributed by atoms with Gasteiger partial charge in [-0.25, -0.2) is 4.39 Å². The van der Waals surface area contributed by atoms with E-state index in [9.17, 15) is 4.39 Å². The summed E-state index contributed by atoms with van der Waals surface area (Å²) in [6, 6.07) is 4.97. The zero-order valence-corrected chi connectivity index (χ0v) is 15.0. The third kappa shape index (κ3) is 4.29. The summed E-state index contributed by atoms with van der Waals surface area (Å²) >= 11 is 0. The minimum absolute atomic E-state index is 0.0951. The van der Waals surface area contributed by atoms with Crippen molar-refractivity contribution in [1.29, 1.82) is 0 Å². The van der Waals surface area contributed by atoms with E-state index in [-0.39, 0.29) is 17.6 Å². The lowest BCUT2D eigenvalue weighted by Gasteiger charge is -2.22. The average Bonchev–Trinajstić information content (AvgIpc) is 3.07. The van der Waals surface area contributed by atoms with Gasteiger partial charge in [0.2, 0.25) is 17.8 Å². The van der Waals surface area contributed by atoms with E-state index in [0.717, 1.165) is 26.1 Å². The SMILES string of the molecule is CCN1CCC[C@@H]1CNc1nc(N)nc(Nc2ccc(OC)c(F)c2)n1. The van der Waals surface area contributed by atoms with Gasteiger partial charge in [-0.3, -0.25) is 4.90 Å². The van der Waals surface area contributed by atoms with E-state index < -0.39 is 5.82 Å². The van der Waals surface area contributed by atoms with Gasteiger partial charge in [0.05, 0.1) is 7.11 Å². The molecule has 2 aromatic rings. The second kappa shape index (κ2) is 8.13. The summed E-state index contributed by atoms with van der Waals surface area (Å²) in [5, 5.41) is 6.17. The number of hydrogen-bond donors (Lipinski definition) is 3. The Balaban J connectivity index is 1.68. The van der Waals surface area contributed by atoms with Gasteiger partial charge in [-0.05, 0) is 38.1 Å². The van der Waals surface area contributed by atoms with Crippen molar-refractivity contribution in [2.24, 2.45) is 0 Å². The number of likely N-dealkylation sites (tertiary alicyclic amines) is 1. The molecule has 1 atom stereocenters. The Kier molecular flexibility index (Phi) is 5.67. The lowest BCUT2D eigenvalue weighted by molar-refractivity contribution is 0.277. The van der Waals surface area contributed by atoms with Gasteiger partial charge in [0, 0.05) is 24.3 Å². The van der Waals surface area contributed by atoms with Gasteiger partial charge in [-0.2, -0.15) is 15.0 Å². The van der Waals surface area contributed by atoms with Crippen LogP contribution in [0.15, 0.2) is 18.2 Å². The number of methoxy groups -OCH3 is 1. The van der Waals surface area contributed by atoms with E-state index in [2.05, 4.69) is 37.4 Å². The molecule has 0 bridgehead atoms. The van der Waals surface area contributed by atoms with Crippen molar-refractivity contribution in [2.45, 2.75) is 25.8 Å². The van der Waals surface area contributed by atoms with E-state index in [0.29, 0.717) is 17.7 Å². The molecule has 1 aromatic carbocycles. The van der Waals surface area contributed by atoms with E-state index in [1.807, 2.05) is 0 Å². The van der Waals surface area contributed by atoms with E-state index in [4.69, 9.17) is 10.5 Å². The van der Waals surface area contributed by atoms with Crippen LogP contribution >= 0.6 is 0 Å². The Bertz CT molecular complexity index is 758. The zero-order chi connectivity index (χ0) is 18.5. The molecule has 4 N–H and O–H groups in total. The largest absolute Gasteiger partial charge is 0.494 e. The highest BCUT2D eigenvalue weighted by molar-refractivity contribution is 5.56. The Morgan fingerprint density at radius 1 is 1.31 bits per heavy atom. The third-order valence-corrected chi connectivity index (χ3v) is 4.46. The molecule has 0 radical (unpaired) electrons. The van der Waals surface area contributed by atoms with Crippen LogP contribution in [0.25, 0.3) is 0 Å². The number of rotatable bonds is 7. The maximum absolute atomic E-state index is 13.8. The van der Waals surface area contributed by atoms with E-state index in [1.54, 1.807) is 6.07 Å². The summed E-state index contributed by atoms with van der Waals surface area (Å²) in [6.45, 7) is 5.06. The number of anilines is 4. The van der Waals surface area contributed by atoms with Gasteiger partial charge in [-0.15, -0.1) is 0 Å². The number of ether oxygens (including phenoxy) is 1. The lowest BCUT2D eigenvalue weighted by atomic mass is 10.2. The van der Waals surface area contributed by atoms with Crippen molar-refractivity contribution >= 4 is 23.5 Å². The van der Waals surface area contributed by atoms with Crippen LogP contribution in [0.5, 0.6) is 5.75 Å². The van der Waals surface area contributed by atoms with Crippen molar-refractivity contribution in [3.05, 3.63) is 24.0 Å². The highest BCUT2D eigenvalue weighted by Crippen LogP contribution is 2.23. The van der Waals surface area contributed by atoms with Crippen molar-refractivity contribution < 1.29 is 9.13 Å². The Hall–Kier alpha value is -2.68. The van der Waals surface area contributed by atoms with Gasteiger partial charge in [0.1, 0.15) is 0 Å². The number of nitrogens with zero attached hydrogens (tertiary/aromatic N) is 4. The van der Waals surface area contributed by atoms with Crippen molar-refractivity contribution in [1.82, 2.24) is 19.9 Å². The van der Waals surface area contributed by atoms with Crippen LogP contribution in [0, 0.1) is 5.82 Å². The Morgan fingerprint density at radius 3 is 2.85 bits per heavy atom. The number of nitrogens with two attached hydrogens (primary N) is 1. The molecule has 140 valence electrons. The average molecular weight is 361 g/mol. The zero-order valence-electron chi connectivity index (χ0n) is 15.0. The summed E-state index contributed by atoms with van der Waals surface area (Å²) in [6.07, 6.45) is 2.35. The summed E-state index contributed by atoms with van der Waals surface area (Å²) in [7, 11) is 1.42. The number of hydrogen-bond acceptors (Lipinski definition) is 8. The fraction of sp³-hybridized carbons (Fsp3) is 0.471. The monoisotopic (exact) mass is 361 g/mol. The highest BCUT2D eigenvalue weighted by Gasteiger charge is 2.22. The third-order valence-electron chi connectivity index (χ3n) is 4.46. The number of nitrogen functional groups attached to an aromatic ring is 1. The molecule has 1 fully saturated rings. The molecule has 2 heterocycles. The predicted molar refractivity (Wildman–Crippen MR) is 99.2 cm³/mol. The Morgan fingerprint density at radius 2 is 2.12 bits per heavy atom. The van der Waals surface area contributed by atoms with E-state index in [1.165, 1.54) is 25.7 Å². The molecule has 1 aliphatic heterocycles. The molecule has 3 rings (SSSR count). The first-order chi connectivity index (χ1) is 12.6. The maximum atomic E-state index is 13.8. The second-order valence-corrected chi connectivity index (χ2v) is 6.12. The minimum Gasteiger partial charge on any atom is -0.494 e. The second-order valence-electron chi connectivity index (χ2n) is 6.12. The van der Waals surface area contributed by atoms with Gasteiger partial charge in [0.25, 0.3) is 0 Å². The topological polar surface area (TPSA) is 101 Å². The summed E-state index contributed by atoms with van der Waals surface area (Å²) in [5.74, 6) is 0.446. The molecule has 1 aliphatic rings. The normalized spacial score (nSPS) is 17.3. The molecular weight excluding hydrogens is 337 g/mol. The molecule has 8 nitrogen and oxygen atoms in total. The highest BCUT2D eigenvalue weighted by atomic mass is 19.1. The van der Waals surface area contributed by atoms with Gasteiger partial charge in [-0.1, -0.05) is 6.92 Å². The molecule has 1 saturated heterocycles. The number of likely N-dealkylation sites (N-methyl/N-ethyl adjacent to an activating group) is 1. The number of benzene rings is 1. The van der Waals surface area contributed by atoms with Crippen molar-refractivity contribution in [2.75, 3.05) is 43.1 Å². The van der Waals surface area contributed by atoms with Gasteiger partial charge in [0.15, 0.2) is 11.6 Å².